The summed E-state index contributed by atoms with van der Waals surface area (Å²) < 4.78 is 5.28. The molecule has 0 aromatic heterocycles. The second-order valence-electron chi connectivity index (χ2n) is 5.22. The minimum Gasteiger partial charge on any atom is -0.481 e. The fourth-order valence-electron chi connectivity index (χ4n) is 2.64. The van der Waals surface area contributed by atoms with Crippen molar-refractivity contribution in [3.63, 3.8) is 0 Å². The molecule has 2 saturated heterocycles. The molecule has 2 heterocycles. The van der Waals surface area contributed by atoms with Crippen molar-refractivity contribution in [2.24, 2.45) is 5.92 Å². The standard InChI is InChI=1S/C13H22N2O4/c16-12-3-2-11(13(17)18)10-15(12)5-1-4-14-6-8-19-9-7-14/h11H,1-10H2,(H,17,18)/t11-/m0/s1. The van der Waals surface area contributed by atoms with E-state index in [9.17, 15) is 9.59 Å². The van der Waals surface area contributed by atoms with E-state index in [4.69, 9.17) is 9.84 Å². The quantitative estimate of drug-likeness (QED) is 0.763. The summed E-state index contributed by atoms with van der Waals surface area (Å²) in [7, 11) is 0. The number of amides is 1. The van der Waals surface area contributed by atoms with Crippen molar-refractivity contribution in [1.29, 1.82) is 0 Å². The van der Waals surface area contributed by atoms with Crippen LogP contribution in [0, 0.1) is 5.92 Å². The average Bonchev–Trinajstić information content (AvgIpc) is 2.42. The number of morpholine rings is 1. The van der Waals surface area contributed by atoms with Gasteiger partial charge in [-0.2, -0.15) is 0 Å². The van der Waals surface area contributed by atoms with Crippen molar-refractivity contribution in [2.75, 3.05) is 45.9 Å². The molecule has 0 radical (unpaired) electrons. The van der Waals surface area contributed by atoms with E-state index in [0.717, 1.165) is 39.3 Å². The van der Waals surface area contributed by atoms with Gasteiger partial charge in [-0.3, -0.25) is 14.5 Å². The van der Waals surface area contributed by atoms with Gasteiger partial charge >= 0.3 is 5.97 Å². The van der Waals surface area contributed by atoms with E-state index in [1.165, 1.54) is 0 Å². The Kier molecular flexibility index (Phi) is 5.15. The van der Waals surface area contributed by atoms with E-state index < -0.39 is 5.97 Å². The predicted octanol–water partition coefficient (Wildman–Crippen LogP) is 0.0319. The number of hydrogen-bond donors (Lipinski definition) is 1. The van der Waals surface area contributed by atoms with Crippen LogP contribution in [0.3, 0.4) is 0 Å². The Morgan fingerprint density at radius 1 is 1.32 bits per heavy atom. The molecule has 0 bridgehead atoms. The summed E-state index contributed by atoms with van der Waals surface area (Å²) in [4.78, 5) is 26.7. The fourth-order valence-corrected chi connectivity index (χ4v) is 2.64. The SMILES string of the molecule is O=C(O)[C@H]1CCC(=O)N(CCCN2CCOCC2)C1. The first-order chi connectivity index (χ1) is 9.16. The average molecular weight is 270 g/mol. The van der Waals surface area contributed by atoms with Crippen molar-refractivity contribution in [2.45, 2.75) is 19.3 Å². The van der Waals surface area contributed by atoms with Crippen molar-refractivity contribution >= 4 is 11.9 Å². The lowest BCUT2D eigenvalue weighted by Gasteiger charge is -2.32. The monoisotopic (exact) mass is 270 g/mol. The van der Waals surface area contributed by atoms with E-state index in [0.29, 0.717) is 25.9 Å². The number of carbonyl (C=O) groups excluding carboxylic acids is 1. The number of carboxylic acids is 1. The highest BCUT2D eigenvalue weighted by molar-refractivity contribution is 5.80. The molecule has 6 heteroatoms. The van der Waals surface area contributed by atoms with Crippen molar-refractivity contribution in [3.05, 3.63) is 0 Å². The highest BCUT2D eigenvalue weighted by Crippen LogP contribution is 2.18. The second-order valence-corrected chi connectivity index (χ2v) is 5.22. The van der Waals surface area contributed by atoms with E-state index in [-0.39, 0.29) is 11.8 Å². The summed E-state index contributed by atoms with van der Waals surface area (Å²) in [6.45, 7) is 5.45. The van der Waals surface area contributed by atoms with Gasteiger partial charge in [0.1, 0.15) is 0 Å². The highest BCUT2D eigenvalue weighted by atomic mass is 16.5. The molecule has 1 atom stereocenters. The lowest BCUT2D eigenvalue weighted by molar-refractivity contribution is -0.147. The molecule has 0 spiro atoms. The largest absolute Gasteiger partial charge is 0.481 e. The second kappa shape index (κ2) is 6.86. The van der Waals surface area contributed by atoms with Gasteiger partial charge in [0.05, 0.1) is 19.1 Å². The number of ether oxygens (including phenoxy) is 1. The summed E-state index contributed by atoms with van der Waals surface area (Å²) in [6.07, 6.45) is 1.75. The molecule has 6 nitrogen and oxygen atoms in total. The zero-order valence-electron chi connectivity index (χ0n) is 11.2. The maximum Gasteiger partial charge on any atom is 0.308 e. The molecule has 0 saturated carbocycles. The van der Waals surface area contributed by atoms with Crippen LogP contribution in [-0.2, 0) is 14.3 Å². The van der Waals surface area contributed by atoms with Gasteiger partial charge in [0.2, 0.25) is 5.91 Å². The molecule has 2 rings (SSSR count). The van der Waals surface area contributed by atoms with Crippen LogP contribution in [0.25, 0.3) is 0 Å². The lowest BCUT2D eigenvalue weighted by atomic mass is 9.97. The summed E-state index contributed by atoms with van der Waals surface area (Å²) in [5, 5.41) is 9.01. The third-order valence-corrected chi connectivity index (χ3v) is 3.86. The first kappa shape index (κ1) is 14.3. The molecule has 19 heavy (non-hydrogen) atoms. The molecule has 2 aliphatic heterocycles. The van der Waals surface area contributed by atoms with Crippen LogP contribution < -0.4 is 0 Å². The molecule has 0 unspecified atom stereocenters. The maximum atomic E-state index is 11.7. The molecule has 1 N–H and O–H groups in total. The smallest absolute Gasteiger partial charge is 0.308 e. The summed E-state index contributed by atoms with van der Waals surface area (Å²) in [5.74, 6) is -1.08. The van der Waals surface area contributed by atoms with Crippen molar-refractivity contribution < 1.29 is 19.4 Å². The van der Waals surface area contributed by atoms with Crippen LogP contribution in [0.2, 0.25) is 0 Å². The Hall–Kier alpha value is -1.14. The molecule has 1 amide bonds. The molecule has 108 valence electrons. The zero-order chi connectivity index (χ0) is 13.7. The molecule has 0 aromatic carbocycles. The number of hydrogen-bond acceptors (Lipinski definition) is 4. The Labute approximate surface area is 113 Å². The van der Waals surface area contributed by atoms with Crippen LogP contribution in [0.4, 0.5) is 0 Å². The normalized spacial score (nSPS) is 25.6. The molecule has 0 aromatic rings. The minimum absolute atomic E-state index is 0.0967. The van der Waals surface area contributed by atoms with Gasteiger partial charge in [0.25, 0.3) is 0 Å². The highest BCUT2D eigenvalue weighted by Gasteiger charge is 2.29. The number of nitrogens with zero attached hydrogens (tertiary/aromatic N) is 2. The van der Waals surface area contributed by atoms with Crippen molar-refractivity contribution in [1.82, 2.24) is 9.80 Å². The van der Waals surface area contributed by atoms with E-state index in [1.807, 2.05) is 0 Å². The van der Waals surface area contributed by atoms with Gasteiger partial charge in [-0.25, -0.2) is 0 Å². The number of aliphatic carboxylic acids is 1. The third kappa shape index (κ3) is 4.18. The van der Waals surface area contributed by atoms with E-state index in [1.54, 1.807) is 4.90 Å². The fraction of sp³-hybridized carbons (Fsp3) is 0.846. The lowest BCUT2D eigenvalue weighted by Crippen LogP contribution is -2.44. The van der Waals surface area contributed by atoms with E-state index in [2.05, 4.69) is 4.90 Å². The van der Waals surface area contributed by atoms with Crippen LogP contribution in [0.1, 0.15) is 19.3 Å². The first-order valence-electron chi connectivity index (χ1n) is 6.97. The summed E-state index contributed by atoms with van der Waals surface area (Å²) in [6, 6.07) is 0. The molecular formula is C13H22N2O4. The molecule has 2 fully saturated rings. The topological polar surface area (TPSA) is 70.1 Å². The van der Waals surface area contributed by atoms with Crippen LogP contribution in [-0.4, -0.2) is 72.7 Å². The zero-order valence-corrected chi connectivity index (χ0v) is 11.2. The summed E-state index contributed by atoms with van der Waals surface area (Å²) >= 11 is 0. The van der Waals surface area contributed by atoms with E-state index >= 15 is 0 Å². The van der Waals surface area contributed by atoms with Gasteiger partial charge in [0.15, 0.2) is 0 Å². The third-order valence-electron chi connectivity index (χ3n) is 3.86. The number of likely N-dealkylation sites (tertiary alicyclic amines) is 1. The Morgan fingerprint density at radius 2 is 2.05 bits per heavy atom. The number of carbonyl (C=O) groups is 2. The summed E-state index contributed by atoms with van der Waals surface area (Å²) in [5.41, 5.74) is 0. The Bertz CT molecular complexity index is 329. The maximum absolute atomic E-state index is 11.7. The van der Waals surface area contributed by atoms with Gasteiger partial charge in [-0.15, -0.1) is 0 Å². The molecule has 0 aliphatic carbocycles. The number of carboxylic acid groups (broad SMARTS) is 1. The Morgan fingerprint density at radius 3 is 2.74 bits per heavy atom. The van der Waals surface area contributed by atoms with Gasteiger partial charge in [0, 0.05) is 39.1 Å². The molecular weight excluding hydrogens is 248 g/mol. The van der Waals surface area contributed by atoms with Crippen LogP contribution in [0.5, 0.6) is 0 Å². The predicted molar refractivity (Wildman–Crippen MR) is 68.8 cm³/mol. The van der Waals surface area contributed by atoms with Crippen molar-refractivity contribution in [3.8, 4) is 0 Å². The first-order valence-corrected chi connectivity index (χ1v) is 6.97. The molecule has 2 aliphatic rings. The van der Waals surface area contributed by atoms with Crippen LogP contribution in [0.15, 0.2) is 0 Å². The van der Waals surface area contributed by atoms with Gasteiger partial charge in [-0.05, 0) is 12.8 Å². The number of rotatable bonds is 5. The Balaban J connectivity index is 1.71. The number of piperidine rings is 1. The minimum atomic E-state index is -0.786. The van der Waals surface area contributed by atoms with Crippen LogP contribution >= 0.6 is 0 Å². The van der Waals surface area contributed by atoms with Gasteiger partial charge in [-0.1, -0.05) is 0 Å². The van der Waals surface area contributed by atoms with Gasteiger partial charge < -0.3 is 14.7 Å².